The maximum atomic E-state index is 11.8. The Balaban J connectivity index is 4.51. The number of aliphatic hydroxyl groups excluding tert-OH is 1. The third-order valence-electron chi connectivity index (χ3n) is 2.72. The summed E-state index contributed by atoms with van der Waals surface area (Å²) in [6, 6.07) is 0. The SMILES string of the molecule is CCCCC=CC=C(C=CCCCC)C(=O)OCCO. The topological polar surface area (TPSA) is 46.5 Å². The molecule has 3 heteroatoms. The van der Waals surface area contributed by atoms with Crippen LogP contribution in [0.2, 0.25) is 0 Å². The second-order valence-corrected chi connectivity index (χ2v) is 4.60. The highest BCUT2D eigenvalue weighted by molar-refractivity contribution is 5.91. The van der Waals surface area contributed by atoms with Crippen molar-refractivity contribution in [3.63, 3.8) is 0 Å². The van der Waals surface area contributed by atoms with E-state index in [9.17, 15) is 4.79 Å². The zero-order valence-corrected chi connectivity index (χ0v) is 12.8. The fraction of sp³-hybridized carbons (Fsp3) is 0.588. The number of allylic oxidation sites excluding steroid dienone is 4. The standard InChI is InChI=1S/C17H28O3/c1-3-5-7-9-11-13-16(12-10-8-6-4-2)17(19)20-15-14-18/h9-13,18H,3-8,14-15H2,1-2H3. The Morgan fingerprint density at radius 3 is 2.35 bits per heavy atom. The summed E-state index contributed by atoms with van der Waals surface area (Å²) in [4.78, 5) is 11.8. The van der Waals surface area contributed by atoms with Gasteiger partial charge in [0.15, 0.2) is 0 Å². The molecule has 0 bridgehead atoms. The van der Waals surface area contributed by atoms with Crippen molar-refractivity contribution >= 4 is 5.97 Å². The van der Waals surface area contributed by atoms with Gasteiger partial charge in [-0.15, -0.1) is 0 Å². The smallest absolute Gasteiger partial charge is 0.338 e. The Kier molecular flexibility index (Phi) is 13.1. The second kappa shape index (κ2) is 14.1. The third-order valence-corrected chi connectivity index (χ3v) is 2.72. The number of aliphatic hydroxyl groups is 1. The van der Waals surface area contributed by atoms with E-state index in [0.717, 1.165) is 38.5 Å². The molecular formula is C17H28O3. The Hall–Kier alpha value is -1.35. The first-order chi connectivity index (χ1) is 9.76. The Bertz CT molecular complexity index is 327. The van der Waals surface area contributed by atoms with Crippen molar-refractivity contribution in [2.24, 2.45) is 0 Å². The monoisotopic (exact) mass is 280 g/mol. The minimum absolute atomic E-state index is 0.0402. The molecule has 3 nitrogen and oxygen atoms in total. The number of carbonyl (C=O) groups is 1. The normalized spacial score (nSPS) is 12.4. The number of hydrogen-bond donors (Lipinski definition) is 1. The number of rotatable bonds is 11. The highest BCUT2D eigenvalue weighted by atomic mass is 16.5. The molecule has 114 valence electrons. The van der Waals surface area contributed by atoms with Crippen molar-refractivity contribution in [2.45, 2.75) is 52.4 Å². The maximum Gasteiger partial charge on any atom is 0.338 e. The van der Waals surface area contributed by atoms with E-state index < -0.39 is 0 Å². The van der Waals surface area contributed by atoms with E-state index in [-0.39, 0.29) is 19.2 Å². The average molecular weight is 280 g/mol. The molecule has 0 saturated carbocycles. The van der Waals surface area contributed by atoms with Crippen LogP contribution in [0.15, 0.2) is 36.0 Å². The molecule has 1 N–H and O–H groups in total. The highest BCUT2D eigenvalue weighted by Gasteiger charge is 2.06. The summed E-state index contributed by atoms with van der Waals surface area (Å²) in [6.45, 7) is 4.18. The van der Waals surface area contributed by atoms with Crippen LogP contribution in [0.4, 0.5) is 0 Å². The van der Waals surface area contributed by atoms with E-state index in [2.05, 4.69) is 19.9 Å². The van der Waals surface area contributed by atoms with E-state index in [0.29, 0.717) is 5.57 Å². The van der Waals surface area contributed by atoms with E-state index in [1.54, 1.807) is 12.2 Å². The Labute approximate surface area is 123 Å². The number of unbranched alkanes of at least 4 members (excludes halogenated alkanes) is 4. The van der Waals surface area contributed by atoms with E-state index in [1.807, 2.05) is 12.2 Å². The minimum Gasteiger partial charge on any atom is -0.460 e. The lowest BCUT2D eigenvalue weighted by molar-refractivity contribution is -0.139. The maximum absolute atomic E-state index is 11.8. The predicted octanol–water partition coefficient (Wildman–Crippen LogP) is 3.94. The quantitative estimate of drug-likeness (QED) is 0.270. The van der Waals surface area contributed by atoms with Crippen LogP contribution in [-0.4, -0.2) is 24.3 Å². The lowest BCUT2D eigenvalue weighted by atomic mass is 10.1. The van der Waals surface area contributed by atoms with Gasteiger partial charge in [-0.1, -0.05) is 63.8 Å². The van der Waals surface area contributed by atoms with Gasteiger partial charge >= 0.3 is 5.97 Å². The molecule has 0 aliphatic carbocycles. The molecule has 20 heavy (non-hydrogen) atoms. The molecule has 0 radical (unpaired) electrons. The Morgan fingerprint density at radius 1 is 1.10 bits per heavy atom. The molecule has 0 aliphatic heterocycles. The van der Waals surface area contributed by atoms with Gasteiger partial charge in [0.05, 0.1) is 12.2 Å². The van der Waals surface area contributed by atoms with Gasteiger partial charge in [-0.05, 0) is 18.9 Å². The van der Waals surface area contributed by atoms with Crippen LogP contribution in [0, 0.1) is 0 Å². The van der Waals surface area contributed by atoms with E-state index >= 15 is 0 Å². The number of carbonyl (C=O) groups excluding carboxylic acids is 1. The van der Waals surface area contributed by atoms with Gasteiger partial charge in [0.25, 0.3) is 0 Å². The van der Waals surface area contributed by atoms with Crippen LogP contribution < -0.4 is 0 Å². The molecule has 0 atom stereocenters. The van der Waals surface area contributed by atoms with Crippen molar-refractivity contribution in [1.29, 1.82) is 0 Å². The van der Waals surface area contributed by atoms with Crippen LogP contribution in [0.1, 0.15) is 52.4 Å². The summed E-state index contributed by atoms with van der Waals surface area (Å²) < 4.78 is 4.95. The van der Waals surface area contributed by atoms with Gasteiger partial charge in [-0.25, -0.2) is 4.79 Å². The highest BCUT2D eigenvalue weighted by Crippen LogP contribution is 2.05. The summed E-state index contributed by atoms with van der Waals surface area (Å²) in [5.41, 5.74) is 0.530. The lowest BCUT2D eigenvalue weighted by Crippen LogP contribution is -2.09. The molecule has 0 rings (SSSR count). The lowest BCUT2D eigenvalue weighted by Gasteiger charge is -2.02. The van der Waals surface area contributed by atoms with Gasteiger partial charge < -0.3 is 9.84 Å². The summed E-state index contributed by atoms with van der Waals surface area (Å²) in [6.07, 6.45) is 16.1. The molecule has 0 aliphatic rings. The van der Waals surface area contributed by atoms with Crippen molar-refractivity contribution in [2.75, 3.05) is 13.2 Å². The van der Waals surface area contributed by atoms with Crippen LogP contribution in [0.5, 0.6) is 0 Å². The zero-order valence-electron chi connectivity index (χ0n) is 12.8. The van der Waals surface area contributed by atoms with Gasteiger partial charge in [-0.3, -0.25) is 0 Å². The molecule has 0 saturated heterocycles. The fourth-order valence-electron chi connectivity index (χ4n) is 1.54. The van der Waals surface area contributed by atoms with E-state index in [4.69, 9.17) is 9.84 Å². The van der Waals surface area contributed by atoms with Gasteiger partial charge in [0.1, 0.15) is 6.61 Å². The molecular weight excluding hydrogens is 252 g/mol. The number of ether oxygens (including phenoxy) is 1. The van der Waals surface area contributed by atoms with Crippen molar-refractivity contribution in [3.05, 3.63) is 36.0 Å². The molecule has 0 spiro atoms. The molecule has 0 heterocycles. The molecule has 0 unspecified atom stereocenters. The summed E-state index contributed by atoms with van der Waals surface area (Å²) >= 11 is 0. The van der Waals surface area contributed by atoms with Gasteiger partial charge in [-0.2, -0.15) is 0 Å². The Morgan fingerprint density at radius 2 is 1.75 bits per heavy atom. The van der Waals surface area contributed by atoms with Crippen molar-refractivity contribution in [1.82, 2.24) is 0 Å². The van der Waals surface area contributed by atoms with Crippen LogP contribution in [-0.2, 0) is 9.53 Å². The van der Waals surface area contributed by atoms with Crippen molar-refractivity contribution in [3.8, 4) is 0 Å². The molecule has 0 amide bonds. The van der Waals surface area contributed by atoms with Crippen molar-refractivity contribution < 1.29 is 14.6 Å². The first-order valence-corrected chi connectivity index (χ1v) is 7.57. The summed E-state index contributed by atoms with van der Waals surface area (Å²) in [7, 11) is 0. The first kappa shape index (κ1) is 18.7. The largest absolute Gasteiger partial charge is 0.460 e. The predicted molar refractivity (Wildman–Crippen MR) is 83.5 cm³/mol. The van der Waals surface area contributed by atoms with Gasteiger partial charge in [0, 0.05) is 0 Å². The molecule has 0 fully saturated rings. The van der Waals surface area contributed by atoms with E-state index in [1.165, 1.54) is 0 Å². The average Bonchev–Trinajstić information content (AvgIpc) is 2.46. The van der Waals surface area contributed by atoms with Crippen LogP contribution in [0.3, 0.4) is 0 Å². The minimum atomic E-state index is -0.382. The summed E-state index contributed by atoms with van der Waals surface area (Å²) in [5.74, 6) is -0.382. The fourth-order valence-corrected chi connectivity index (χ4v) is 1.54. The second-order valence-electron chi connectivity index (χ2n) is 4.60. The van der Waals surface area contributed by atoms with Gasteiger partial charge in [0.2, 0.25) is 0 Å². The number of hydrogen-bond acceptors (Lipinski definition) is 3. The first-order valence-electron chi connectivity index (χ1n) is 7.57. The van der Waals surface area contributed by atoms with Crippen LogP contribution in [0.25, 0.3) is 0 Å². The zero-order chi connectivity index (χ0) is 15.1. The third kappa shape index (κ3) is 10.6. The van der Waals surface area contributed by atoms with Crippen LogP contribution >= 0.6 is 0 Å². The molecule has 0 aromatic rings. The molecule has 0 aromatic carbocycles. The number of esters is 1. The molecule has 0 aromatic heterocycles. The summed E-state index contributed by atoms with van der Waals surface area (Å²) in [5, 5.41) is 8.69.